The number of allylic oxidation sites excluding steroid dienone is 3. The molecule has 2 heteroatoms. The van der Waals surface area contributed by atoms with Crippen molar-refractivity contribution in [3.05, 3.63) is 23.3 Å². The lowest BCUT2D eigenvalue weighted by atomic mass is 10.1. The number of hydrogen-bond acceptors (Lipinski definition) is 1. The molecule has 0 amide bonds. The van der Waals surface area contributed by atoms with Gasteiger partial charge in [0.15, 0.2) is 0 Å². The van der Waals surface area contributed by atoms with Crippen LogP contribution in [-0.4, -0.2) is 11.1 Å². The molecular weight excluding hydrogens is 152 g/mol. The molecule has 0 radical (unpaired) electrons. The van der Waals surface area contributed by atoms with E-state index in [0.717, 1.165) is 6.42 Å². The third-order valence-corrected chi connectivity index (χ3v) is 1.59. The van der Waals surface area contributed by atoms with E-state index in [1.54, 1.807) is 13.0 Å². The van der Waals surface area contributed by atoms with Crippen molar-refractivity contribution in [1.82, 2.24) is 0 Å². The summed E-state index contributed by atoms with van der Waals surface area (Å²) < 4.78 is 0. The molecule has 0 aliphatic carbocycles. The Hall–Kier alpha value is -1.05. The van der Waals surface area contributed by atoms with Crippen LogP contribution in [0.2, 0.25) is 0 Å². The predicted molar refractivity (Wildman–Crippen MR) is 50.1 cm³/mol. The fourth-order valence-electron chi connectivity index (χ4n) is 0.891. The van der Waals surface area contributed by atoms with E-state index >= 15 is 0 Å². The molecule has 0 saturated carbocycles. The van der Waals surface area contributed by atoms with Crippen LogP contribution in [0, 0.1) is 0 Å². The first kappa shape index (κ1) is 11.0. The fourth-order valence-corrected chi connectivity index (χ4v) is 0.891. The van der Waals surface area contributed by atoms with Gasteiger partial charge in [0.1, 0.15) is 0 Å². The van der Waals surface area contributed by atoms with Gasteiger partial charge in [-0.2, -0.15) is 0 Å². The molecule has 0 unspecified atom stereocenters. The van der Waals surface area contributed by atoms with Crippen molar-refractivity contribution in [1.29, 1.82) is 0 Å². The van der Waals surface area contributed by atoms with Crippen LogP contribution >= 0.6 is 0 Å². The van der Waals surface area contributed by atoms with Gasteiger partial charge < -0.3 is 5.11 Å². The predicted octanol–water partition coefficient (Wildman–Crippen LogP) is 2.76. The molecule has 0 aromatic heterocycles. The zero-order chi connectivity index (χ0) is 9.56. The second kappa shape index (κ2) is 5.58. The summed E-state index contributed by atoms with van der Waals surface area (Å²) in [6.45, 7) is 5.78. The summed E-state index contributed by atoms with van der Waals surface area (Å²) in [6.07, 6.45) is 5.14. The first-order valence-electron chi connectivity index (χ1n) is 4.09. The van der Waals surface area contributed by atoms with E-state index < -0.39 is 5.97 Å². The Kier molecular flexibility index (Phi) is 5.09. The maximum absolute atomic E-state index is 10.5. The molecule has 0 atom stereocenters. The summed E-state index contributed by atoms with van der Waals surface area (Å²) in [6, 6.07) is 0. The average Bonchev–Trinajstić information content (AvgIpc) is 1.96. The van der Waals surface area contributed by atoms with Crippen LogP contribution in [0.15, 0.2) is 23.3 Å². The summed E-state index contributed by atoms with van der Waals surface area (Å²) in [5.74, 6) is -0.806. The van der Waals surface area contributed by atoms with Crippen molar-refractivity contribution in [3.8, 4) is 0 Å². The SMILES string of the molecule is CC=C(CCC=C(C)C)C(=O)O. The Bertz CT molecular complexity index is 208. The molecule has 2 nitrogen and oxygen atoms in total. The highest BCUT2D eigenvalue weighted by Crippen LogP contribution is 2.07. The van der Waals surface area contributed by atoms with Gasteiger partial charge in [-0.15, -0.1) is 0 Å². The van der Waals surface area contributed by atoms with E-state index in [2.05, 4.69) is 0 Å². The van der Waals surface area contributed by atoms with Gasteiger partial charge >= 0.3 is 5.97 Å². The quantitative estimate of drug-likeness (QED) is 0.517. The van der Waals surface area contributed by atoms with Crippen LogP contribution in [0.1, 0.15) is 33.6 Å². The van der Waals surface area contributed by atoms with Gasteiger partial charge in [0.25, 0.3) is 0 Å². The Balaban J connectivity index is 3.92. The van der Waals surface area contributed by atoms with E-state index in [0.29, 0.717) is 12.0 Å². The van der Waals surface area contributed by atoms with E-state index in [1.807, 2.05) is 19.9 Å². The van der Waals surface area contributed by atoms with Gasteiger partial charge in [-0.3, -0.25) is 0 Å². The first-order valence-corrected chi connectivity index (χ1v) is 4.09. The Morgan fingerprint density at radius 1 is 1.42 bits per heavy atom. The minimum atomic E-state index is -0.806. The second-order valence-corrected chi connectivity index (χ2v) is 2.94. The van der Waals surface area contributed by atoms with Crippen molar-refractivity contribution in [2.45, 2.75) is 33.6 Å². The van der Waals surface area contributed by atoms with E-state index in [4.69, 9.17) is 5.11 Å². The molecule has 0 spiro atoms. The lowest BCUT2D eigenvalue weighted by Crippen LogP contribution is -1.99. The highest BCUT2D eigenvalue weighted by molar-refractivity contribution is 5.86. The molecule has 0 aliphatic rings. The molecule has 0 heterocycles. The third-order valence-electron chi connectivity index (χ3n) is 1.59. The monoisotopic (exact) mass is 168 g/mol. The Labute approximate surface area is 73.6 Å². The van der Waals surface area contributed by atoms with Crippen molar-refractivity contribution >= 4 is 5.97 Å². The molecule has 0 aliphatic heterocycles. The van der Waals surface area contributed by atoms with Crippen molar-refractivity contribution < 1.29 is 9.90 Å². The lowest BCUT2D eigenvalue weighted by Gasteiger charge is -1.97. The van der Waals surface area contributed by atoms with Gasteiger partial charge in [-0.05, 0) is 33.6 Å². The van der Waals surface area contributed by atoms with E-state index in [-0.39, 0.29) is 0 Å². The van der Waals surface area contributed by atoms with Gasteiger partial charge in [0.2, 0.25) is 0 Å². The lowest BCUT2D eigenvalue weighted by molar-refractivity contribution is -0.132. The summed E-state index contributed by atoms with van der Waals surface area (Å²) in [7, 11) is 0. The molecule has 0 rings (SSSR count). The van der Waals surface area contributed by atoms with E-state index in [1.165, 1.54) is 5.57 Å². The normalized spacial score (nSPS) is 11.1. The largest absolute Gasteiger partial charge is 0.478 e. The molecule has 0 fully saturated rings. The van der Waals surface area contributed by atoms with Crippen molar-refractivity contribution in [3.63, 3.8) is 0 Å². The van der Waals surface area contributed by atoms with Crippen LogP contribution in [0.4, 0.5) is 0 Å². The minimum Gasteiger partial charge on any atom is -0.478 e. The van der Waals surface area contributed by atoms with Crippen molar-refractivity contribution in [2.24, 2.45) is 0 Å². The van der Waals surface area contributed by atoms with Crippen LogP contribution in [0.5, 0.6) is 0 Å². The summed E-state index contributed by atoms with van der Waals surface area (Å²) in [5.41, 5.74) is 1.73. The fraction of sp³-hybridized carbons (Fsp3) is 0.500. The Morgan fingerprint density at radius 2 is 2.00 bits per heavy atom. The highest BCUT2D eigenvalue weighted by atomic mass is 16.4. The molecule has 0 bridgehead atoms. The van der Waals surface area contributed by atoms with Gasteiger partial charge in [0, 0.05) is 5.57 Å². The number of carboxylic acid groups (broad SMARTS) is 1. The van der Waals surface area contributed by atoms with Gasteiger partial charge in [0.05, 0.1) is 0 Å². The molecule has 12 heavy (non-hydrogen) atoms. The smallest absolute Gasteiger partial charge is 0.331 e. The zero-order valence-corrected chi connectivity index (χ0v) is 7.92. The van der Waals surface area contributed by atoms with E-state index in [9.17, 15) is 4.79 Å². The number of hydrogen-bond donors (Lipinski definition) is 1. The number of carboxylic acids is 1. The van der Waals surface area contributed by atoms with Gasteiger partial charge in [-0.1, -0.05) is 17.7 Å². The van der Waals surface area contributed by atoms with Crippen LogP contribution in [0.25, 0.3) is 0 Å². The topological polar surface area (TPSA) is 37.3 Å². The maximum Gasteiger partial charge on any atom is 0.331 e. The molecular formula is C10H16O2. The summed E-state index contributed by atoms with van der Waals surface area (Å²) in [5, 5.41) is 8.65. The molecule has 68 valence electrons. The number of rotatable bonds is 4. The maximum atomic E-state index is 10.5. The first-order chi connectivity index (χ1) is 5.57. The van der Waals surface area contributed by atoms with Crippen LogP contribution in [-0.2, 0) is 4.79 Å². The number of carbonyl (C=O) groups is 1. The highest BCUT2D eigenvalue weighted by Gasteiger charge is 2.03. The zero-order valence-electron chi connectivity index (χ0n) is 7.92. The van der Waals surface area contributed by atoms with Crippen LogP contribution in [0.3, 0.4) is 0 Å². The van der Waals surface area contributed by atoms with Crippen molar-refractivity contribution in [2.75, 3.05) is 0 Å². The summed E-state index contributed by atoms with van der Waals surface area (Å²) >= 11 is 0. The molecule has 0 saturated heterocycles. The second-order valence-electron chi connectivity index (χ2n) is 2.94. The average molecular weight is 168 g/mol. The molecule has 0 aromatic rings. The molecule has 0 aromatic carbocycles. The number of aliphatic carboxylic acids is 1. The van der Waals surface area contributed by atoms with Crippen LogP contribution < -0.4 is 0 Å². The third kappa shape index (κ3) is 4.72. The standard InChI is InChI=1S/C10H16O2/c1-4-9(10(11)12)7-5-6-8(2)3/h4,6H,5,7H2,1-3H3,(H,11,12). The molecule has 1 N–H and O–H groups in total. The van der Waals surface area contributed by atoms with Gasteiger partial charge in [-0.25, -0.2) is 4.79 Å². The summed E-state index contributed by atoms with van der Waals surface area (Å²) in [4.78, 5) is 10.5. The Morgan fingerprint density at radius 3 is 2.33 bits per heavy atom. The minimum absolute atomic E-state index is 0.493.